The molecule has 3 fully saturated rings. The van der Waals surface area contributed by atoms with Gasteiger partial charge in [-0.2, -0.15) is 4.80 Å². The number of halogens is 2. The van der Waals surface area contributed by atoms with Crippen molar-refractivity contribution in [1.82, 2.24) is 40.1 Å². The van der Waals surface area contributed by atoms with E-state index < -0.39 is 80.8 Å². The molecule has 0 unspecified atom stereocenters. The molecule has 0 spiro atoms. The molecule has 7 rings (SSSR count). The summed E-state index contributed by atoms with van der Waals surface area (Å²) in [6.45, 7) is 5.49. The summed E-state index contributed by atoms with van der Waals surface area (Å²) in [6.07, 6.45) is 2.06. The number of anilines is 1. The fourth-order valence-corrected chi connectivity index (χ4v) is 8.84. The predicted octanol–water partition coefficient (Wildman–Crippen LogP) is 2.88. The Bertz CT molecular complexity index is 2040. The minimum atomic E-state index is -4.10. The van der Waals surface area contributed by atoms with Crippen molar-refractivity contribution < 1.29 is 36.7 Å². The third-order valence-corrected chi connectivity index (χ3v) is 12.6. The van der Waals surface area contributed by atoms with E-state index in [1.807, 2.05) is 36.9 Å². The van der Waals surface area contributed by atoms with Crippen LogP contribution in [0.3, 0.4) is 0 Å². The topological polar surface area (TPSA) is 201 Å². The minimum Gasteiger partial charge on any atom is -0.507 e. The fourth-order valence-electron chi connectivity index (χ4n) is 6.70. The number of carbonyl (C=O) groups is 3. The van der Waals surface area contributed by atoms with Crippen LogP contribution in [0.15, 0.2) is 29.7 Å². The highest BCUT2D eigenvalue weighted by atomic mass is 32.2. The van der Waals surface area contributed by atoms with Crippen molar-refractivity contribution in [2.75, 3.05) is 11.9 Å². The zero-order chi connectivity index (χ0) is 37.2. The Labute approximate surface area is 302 Å². The summed E-state index contributed by atoms with van der Waals surface area (Å²) >= 11 is 1.32. The monoisotopic (exact) mass is 759 g/mol. The second-order valence-corrected chi connectivity index (χ2v) is 17.7. The Hall–Kier alpha value is -4.52. The SMILES string of the molecule is CC(C)(C)[C@@H]1Nc2nc(cs2)CC/C=C/c2cc(ccc2O)-c2nnn(n2)[C@@H]2C[C@@H](C(=O)N[C@]3(C(=O)NS(=O)(=O)C4CC4)C[C@H]3C(F)F)N(C2)C1=O. The first-order valence-electron chi connectivity index (χ1n) is 17.0. The molecule has 4 heterocycles. The number of alkyl halides is 2. The molecule has 2 aliphatic carbocycles. The Kier molecular flexibility index (Phi) is 9.07. The lowest BCUT2D eigenvalue weighted by Crippen LogP contribution is -2.59. The van der Waals surface area contributed by atoms with E-state index in [-0.39, 0.29) is 24.5 Å². The number of carbonyl (C=O) groups excluding carboxylic acids is 3. The van der Waals surface area contributed by atoms with Gasteiger partial charge < -0.3 is 20.6 Å². The van der Waals surface area contributed by atoms with E-state index in [1.54, 1.807) is 18.2 Å². The summed E-state index contributed by atoms with van der Waals surface area (Å²) in [6, 6.07) is 2.00. The second kappa shape index (κ2) is 13.2. The molecule has 4 aliphatic rings. The third kappa shape index (κ3) is 6.99. The number of tetrazole rings is 1. The molecule has 3 aromatic rings. The standard InChI is InChI=1S/C33H39F2N9O6S2/c1-32(2,3)25-29(47)43-15-20(13-23(43)28(46)38-33(14-22(33)26(34)35)30(48)41-52(49,50)21-9-10-21)44-40-27(39-42-44)18-8-11-24(45)17(12-18)6-4-5-7-19-16-51-31(36-19)37-25/h4,6,8,11-12,16,20-23,25-26,45H,5,7,9-10,13-15H2,1-3H3,(H,36,37)(H,38,46)(H,41,48)/b6-4+/t20-,22+,23+,25-,33-/m1/s1. The zero-order valence-electron chi connectivity index (χ0n) is 28.6. The molecular formula is C33H39F2N9O6S2. The summed E-state index contributed by atoms with van der Waals surface area (Å²) in [7, 11) is -4.10. The Morgan fingerprint density at radius 2 is 1.98 bits per heavy atom. The largest absolute Gasteiger partial charge is 0.507 e. The number of fused-ring (bicyclic) bond motifs is 10. The Morgan fingerprint density at radius 3 is 2.67 bits per heavy atom. The normalized spacial score (nSPS) is 26.9. The number of phenolic OH excluding ortho intramolecular Hbond substituents is 1. The van der Waals surface area contributed by atoms with Crippen LogP contribution in [0.5, 0.6) is 5.75 Å². The number of aromatic nitrogens is 5. The van der Waals surface area contributed by atoms with Crippen molar-refractivity contribution >= 4 is 50.3 Å². The first-order valence-corrected chi connectivity index (χ1v) is 19.5. The number of nitrogens with zero attached hydrogens (tertiary/aromatic N) is 6. The molecule has 0 radical (unpaired) electrons. The van der Waals surface area contributed by atoms with E-state index in [4.69, 9.17) is 0 Å². The van der Waals surface area contributed by atoms with Crippen LogP contribution in [0, 0.1) is 11.3 Å². The van der Waals surface area contributed by atoms with E-state index in [9.17, 15) is 36.7 Å². The Morgan fingerprint density at radius 1 is 1.21 bits per heavy atom. The van der Waals surface area contributed by atoms with Crippen molar-refractivity contribution in [3.8, 4) is 17.1 Å². The molecule has 8 bridgehead atoms. The second-order valence-electron chi connectivity index (χ2n) is 14.9. The summed E-state index contributed by atoms with van der Waals surface area (Å²) in [5, 5.41) is 30.7. The lowest BCUT2D eigenvalue weighted by molar-refractivity contribution is -0.141. The van der Waals surface area contributed by atoms with Crippen LogP contribution >= 0.6 is 11.3 Å². The highest BCUT2D eigenvalue weighted by Crippen LogP contribution is 2.48. The van der Waals surface area contributed by atoms with Gasteiger partial charge in [0.2, 0.25) is 34.1 Å². The predicted molar refractivity (Wildman–Crippen MR) is 185 cm³/mol. The number of sulfonamides is 1. The average Bonchev–Trinajstić information content (AvgIpc) is 3.88. The van der Waals surface area contributed by atoms with Crippen LogP contribution in [0.2, 0.25) is 0 Å². The molecule has 19 heteroatoms. The number of aryl methyl sites for hydroxylation is 1. The molecule has 2 saturated carbocycles. The van der Waals surface area contributed by atoms with Gasteiger partial charge in [-0.1, -0.05) is 32.9 Å². The van der Waals surface area contributed by atoms with Crippen molar-refractivity contribution in [2.45, 2.75) is 94.6 Å². The van der Waals surface area contributed by atoms with E-state index in [0.29, 0.717) is 41.9 Å². The molecule has 4 N–H and O–H groups in total. The molecule has 1 saturated heterocycles. The van der Waals surface area contributed by atoms with E-state index in [0.717, 1.165) is 5.69 Å². The van der Waals surface area contributed by atoms with Crippen LogP contribution in [-0.4, -0.2) is 97.2 Å². The van der Waals surface area contributed by atoms with Gasteiger partial charge >= 0.3 is 0 Å². The van der Waals surface area contributed by atoms with Crippen molar-refractivity contribution in [3.05, 3.63) is 40.9 Å². The Balaban J connectivity index is 1.24. The van der Waals surface area contributed by atoms with Crippen LogP contribution in [-0.2, 0) is 30.8 Å². The molecule has 2 aromatic heterocycles. The number of allylic oxidation sites excluding steroid dienone is 1. The number of phenols is 1. The van der Waals surface area contributed by atoms with Crippen LogP contribution in [0.4, 0.5) is 13.9 Å². The molecule has 5 atom stereocenters. The highest BCUT2D eigenvalue weighted by molar-refractivity contribution is 7.91. The first-order chi connectivity index (χ1) is 24.6. The van der Waals surface area contributed by atoms with Crippen molar-refractivity contribution in [3.63, 3.8) is 0 Å². The molecule has 3 amide bonds. The lowest BCUT2D eigenvalue weighted by Gasteiger charge is -2.35. The van der Waals surface area contributed by atoms with Gasteiger partial charge in [0, 0.05) is 29.5 Å². The number of thiazole rings is 1. The molecule has 2 aliphatic heterocycles. The summed E-state index contributed by atoms with van der Waals surface area (Å²) in [5.74, 6) is -3.92. The van der Waals surface area contributed by atoms with Crippen LogP contribution in [0.1, 0.15) is 70.2 Å². The van der Waals surface area contributed by atoms with Gasteiger partial charge in [-0.15, -0.1) is 21.5 Å². The molecule has 1 aromatic carbocycles. The highest BCUT2D eigenvalue weighted by Gasteiger charge is 2.66. The summed E-state index contributed by atoms with van der Waals surface area (Å²) < 4.78 is 55.3. The van der Waals surface area contributed by atoms with Crippen LogP contribution < -0.4 is 15.4 Å². The maximum Gasteiger partial charge on any atom is 0.259 e. The number of aromatic hydroxyl groups is 1. The number of benzene rings is 1. The van der Waals surface area contributed by atoms with E-state index >= 15 is 0 Å². The van der Waals surface area contributed by atoms with Gasteiger partial charge in [-0.05, 0) is 60.9 Å². The maximum atomic E-state index is 14.6. The summed E-state index contributed by atoms with van der Waals surface area (Å²) in [4.78, 5) is 49.4. The number of amides is 3. The number of nitrogens with one attached hydrogen (secondary N) is 3. The quantitative estimate of drug-likeness (QED) is 0.288. The zero-order valence-corrected chi connectivity index (χ0v) is 30.3. The lowest BCUT2D eigenvalue weighted by atomic mass is 9.85. The van der Waals surface area contributed by atoms with Crippen molar-refractivity contribution in [1.29, 1.82) is 0 Å². The smallest absolute Gasteiger partial charge is 0.259 e. The molecule has 15 nitrogen and oxygen atoms in total. The first kappa shape index (κ1) is 35.9. The van der Waals surface area contributed by atoms with Crippen molar-refractivity contribution in [2.24, 2.45) is 11.3 Å². The van der Waals surface area contributed by atoms with Gasteiger partial charge in [0.05, 0.1) is 22.9 Å². The number of hydrogen-bond acceptors (Lipinski definition) is 12. The van der Waals surface area contributed by atoms with E-state index in [1.165, 1.54) is 27.1 Å². The molecule has 52 heavy (non-hydrogen) atoms. The minimum absolute atomic E-state index is 0.0618. The average molecular weight is 760 g/mol. The fraction of sp³-hybridized carbons (Fsp3) is 0.545. The van der Waals surface area contributed by atoms with Gasteiger partial charge in [-0.3, -0.25) is 19.1 Å². The van der Waals surface area contributed by atoms with Gasteiger partial charge in [0.15, 0.2) is 5.13 Å². The van der Waals surface area contributed by atoms with Gasteiger partial charge in [0.25, 0.3) is 5.91 Å². The van der Waals surface area contributed by atoms with Gasteiger partial charge in [-0.25, -0.2) is 22.2 Å². The molecule has 278 valence electrons. The van der Waals surface area contributed by atoms with E-state index in [2.05, 4.69) is 31.0 Å². The molecular weight excluding hydrogens is 721 g/mol. The van der Waals surface area contributed by atoms with Crippen LogP contribution in [0.25, 0.3) is 17.5 Å². The third-order valence-electron chi connectivity index (χ3n) is 9.97. The maximum absolute atomic E-state index is 14.6. The number of hydrogen-bond donors (Lipinski definition) is 4. The number of rotatable bonds is 6. The summed E-state index contributed by atoms with van der Waals surface area (Å²) in [5.41, 5.74) is -0.988. The van der Waals surface area contributed by atoms with Gasteiger partial charge in [0.1, 0.15) is 23.4 Å².